The molecule has 0 fully saturated rings. The second-order valence-electron chi connectivity index (χ2n) is 6.96. The average Bonchev–Trinajstić information content (AvgIpc) is 2.96. The van der Waals surface area contributed by atoms with E-state index in [1.807, 2.05) is 0 Å². The van der Waals surface area contributed by atoms with Gasteiger partial charge in [-0.1, -0.05) is 25.8 Å². The molecule has 0 aliphatic heterocycles. The van der Waals surface area contributed by atoms with Crippen LogP contribution < -0.4 is 0 Å². The van der Waals surface area contributed by atoms with Crippen LogP contribution in [-0.4, -0.2) is 46.5 Å². The summed E-state index contributed by atoms with van der Waals surface area (Å²) >= 11 is 0. The lowest BCUT2D eigenvalue weighted by Crippen LogP contribution is -2.73. The Balaban J connectivity index is 3.47. The van der Waals surface area contributed by atoms with Crippen molar-refractivity contribution in [2.45, 2.75) is 86.8 Å². The highest BCUT2D eigenvalue weighted by molar-refractivity contribution is 5.30. The minimum Gasteiger partial charge on any atom is -0.379 e. The second kappa shape index (κ2) is 7.73. The summed E-state index contributed by atoms with van der Waals surface area (Å²) in [5, 5.41) is 10.0. The van der Waals surface area contributed by atoms with Crippen LogP contribution >= 0.6 is 0 Å². The zero-order valence-electron chi connectivity index (χ0n) is 15.2. The van der Waals surface area contributed by atoms with Gasteiger partial charge in [0.25, 0.3) is 0 Å². The number of rotatable bonds is 9. The summed E-state index contributed by atoms with van der Waals surface area (Å²) in [5.41, 5.74) is -5.06. The van der Waals surface area contributed by atoms with Gasteiger partial charge < -0.3 is 5.11 Å². The van der Waals surface area contributed by atoms with Gasteiger partial charge in [-0.25, -0.2) is 0 Å². The number of allylic oxidation sites excluding steroid dienone is 1. The van der Waals surface area contributed by atoms with E-state index in [0.29, 0.717) is 12.8 Å². The van der Waals surface area contributed by atoms with Crippen LogP contribution in [0.5, 0.6) is 0 Å². The Morgan fingerprint density at radius 3 is 1.67 bits per heavy atom. The van der Waals surface area contributed by atoms with E-state index in [-0.39, 0.29) is 6.42 Å². The minimum atomic E-state index is -7.97. The van der Waals surface area contributed by atoms with E-state index in [9.17, 15) is 62.2 Å². The van der Waals surface area contributed by atoms with Gasteiger partial charge in [0.05, 0.1) is 0 Å². The van der Waals surface area contributed by atoms with Crippen molar-refractivity contribution in [2.75, 3.05) is 0 Å². The molecule has 178 valence electrons. The lowest BCUT2D eigenvalue weighted by Gasteiger charge is -2.44. The topological polar surface area (TPSA) is 20.2 Å². The first-order valence-electron chi connectivity index (χ1n) is 8.54. The molecule has 0 spiro atoms. The lowest BCUT2D eigenvalue weighted by molar-refractivity contribution is -0.448. The molecule has 30 heavy (non-hydrogen) atoms. The standard InChI is InChI=1S/C16H17F13O/c1-2-3-4-6-9-7-5-8-10(9,30)11(17,18)12(19,20)13(21,22)14(23,24)15(25,26)16(27,28)29/h7,30H,2-6,8H2,1H3. The van der Waals surface area contributed by atoms with E-state index < -0.39 is 66.2 Å². The SMILES string of the molecule is CCCCCC1=CCCC1(O)C(F)(F)C(F)(F)C(F)(F)C(F)(F)C(F)(F)C(F)(F)F. The van der Waals surface area contributed by atoms with Crippen LogP contribution in [0.25, 0.3) is 0 Å². The zero-order valence-corrected chi connectivity index (χ0v) is 15.2. The quantitative estimate of drug-likeness (QED) is 0.224. The maximum absolute atomic E-state index is 14.4. The Morgan fingerprint density at radius 1 is 0.767 bits per heavy atom. The monoisotopic (exact) mass is 472 g/mol. The van der Waals surface area contributed by atoms with Gasteiger partial charge in [0.1, 0.15) is 0 Å². The molecule has 1 aliphatic rings. The predicted molar refractivity (Wildman–Crippen MR) is 77.2 cm³/mol. The molecule has 0 heterocycles. The summed E-state index contributed by atoms with van der Waals surface area (Å²) in [5.74, 6) is -37.6. The summed E-state index contributed by atoms with van der Waals surface area (Å²) in [6.07, 6.45) is -8.32. The van der Waals surface area contributed by atoms with Gasteiger partial charge in [-0.2, -0.15) is 57.1 Å². The third-order valence-corrected chi connectivity index (χ3v) is 4.93. The van der Waals surface area contributed by atoms with Gasteiger partial charge in [0.2, 0.25) is 0 Å². The van der Waals surface area contributed by atoms with Gasteiger partial charge in [0.15, 0.2) is 5.60 Å². The number of hydrogen-bond donors (Lipinski definition) is 1. The summed E-state index contributed by atoms with van der Waals surface area (Å²) in [6.45, 7) is 1.64. The Morgan fingerprint density at radius 2 is 1.23 bits per heavy atom. The fourth-order valence-corrected chi connectivity index (χ4v) is 3.05. The van der Waals surface area contributed by atoms with Gasteiger partial charge in [-0.3, -0.25) is 0 Å². The molecule has 1 nitrogen and oxygen atoms in total. The van der Waals surface area contributed by atoms with Crippen LogP contribution in [0.2, 0.25) is 0 Å². The Hall–Kier alpha value is -1.21. The summed E-state index contributed by atoms with van der Waals surface area (Å²) in [7, 11) is 0. The van der Waals surface area contributed by atoms with E-state index >= 15 is 0 Å². The summed E-state index contributed by atoms with van der Waals surface area (Å²) in [6, 6.07) is 0. The van der Waals surface area contributed by atoms with Crippen molar-refractivity contribution in [1.29, 1.82) is 0 Å². The fourth-order valence-electron chi connectivity index (χ4n) is 3.05. The molecule has 0 bridgehead atoms. The fraction of sp³-hybridized carbons (Fsp3) is 0.875. The van der Waals surface area contributed by atoms with Crippen LogP contribution in [0.3, 0.4) is 0 Å². The van der Waals surface area contributed by atoms with Crippen molar-refractivity contribution in [1.82, 2.24) is 0 Å². The molecule has 0 amide bonds. The second-order valence-corrected chi connectivity index (χ2v) is 6.96. The lowest BCUT2D eigenvalue weighted by atomic mass is 9.79. The van der Waals surface area contributed by atoms with Crippen molar-refractivity contribution >= 4 is 0 Å². The molecular formula is C16H17F13O. The molecule has 0 saturated heterocycles. The van der Waals surface area contributed by atoms with Gasteiger partial charge >= 0.3 is 35.8 Å². The maximum atomic E-state index is 14.4. The van der Waals surface area contributed by atoms with E-state index in [1.165, 1.54) is 0 Å². The average molecular weight is 472 g/mol. The molecular weight excluding hydrogens is 455 g/mol. The molecule has 0 radical (unpaired) electrons. The number of halogens is 13. The van der Waals surface area contributed by atoms with Gasteiger partial charge in [-0.15, -0.1) is 0 Å². The summed E-state index contributed by atoms with van der Waals surface area (Å²) in [4.78, 5) is 0. The Kier molecular flexibility index (Phi) is 6.91. The molecule has 0 aromatic carbocycles. The molecule has 1 N–H and O–H groups in total. The van der Waals surface area contributed by atoms with Crippen molar-refractivity contribution in [3.63, 3.8) is 0 Å². The zero-order chi connectivity index (χ0) is 24.0. The third kappa shape index (κ3) is 3.56. The van der Waals surface area contributed by atoms with Crippen molar-refractivity contribution in [3.8, 4) is 0 Å². The maximum Gasteiger partial charge on any atom is 0.460 e. The molecule has 0 saturated carbocycles. The molecule has 0 aromatic heterocycles. The van der Waals surface area contributed by atoms with Crippen LogP contribution in [0, 0.1) is 0 Å². The first kappa shape index (κ1) is 26.8. The highest BCUT2D eigenvalue weighted by Crippen LogP contribution is 2.63. The van der Waals surface area contributed by atoms with E-state index in [4.69, 9.17) is 0 Å². The van der Waals surface area contributed by atoms with Crippen LogP contribution in [0.4, 0.5) is 57.1 Å². The Bertz CT molecular complexity index is 650. The van der Waals surface area contributed by atoms with E-state index in [2.05, 4.69) is 0 Å². The Labute approximate surface area is 161 Å². The molecule has 1 atom stereocenters. The minimum absolute atomic E-state index is 0.00495. The van der Waals surface area contributed by atoms with E-state index in [0.717, 1.165) is 6.08 Å². The van der Waals surface area contributed by atoms with Crippen molar-refractivity contribution < 1.29 is 62.2 Å². The van der Waals surface area contributed by atoms with Crippen molar-refractivity contribution in [3.05, 3.63) is 11.6 Å². The number of hydrogen-bond acceptors (Lipinski definition) is 1. The normalized spacial score (nSPS) is 22.4. The van der Waals surface area contributed by atoms with E-state index in [1.54, 1.807) is 6.92 Å². The molecule has 14 heteroatoms. The van der Waals surface area contributed by atoms with Crippen LogP contribution in [0.1, 0.15) is 45.4 Å². The molecule has 0 aromatic rings. The molecule has 1 aliphatic carbocycles. The highest BCUT2D eigenvalue weighted by Gasteiger charge is 2.92. The van der Waals surface area contributed by atoms with Gasteiger partial charge in [-0.05, 0) is 31.3 Å². The molecule has 1 unspecified atom stereocenters. The van der Waals surface area contributed by atoms with Crippen LogP contribution in [0.15, 0.2) is 11.6 Å². The largest absolute Gasteiger partial charge is 0.460 e. The van der Waals surface area contributed by atoms with Crippen molar-refractivity contribution in [2.24, 2.45) is 0 Å². The summed E-state index contributed by atoms with van der Waals surface area (Å²) < 4.78 is 173. The highest BCUT2D eigenvalue weighted by atomic mass is 19.4. The number of aliphatic hydroxyl groups is 1. The smallest absolute Gasteiger partial charge is 0.379 e. The van der Waals surface area contributed by atoms with Crippen LogP contribution in [-0.2, 0) is 0 Å². The predicted octanol–water partition coefficient (Wildman–Crippen LogP) is 6.76. The molecule has 1 rings (SSSR count). The third-order valence-electron chi connectivity index (χ3n) is 4.93. The first-order valence-corrected chi connectivity index (χ1v) is 8.54. The van der Waals surface area contributed by atoms with Gasteiger partial charge in [0, 0.05) is 0 Å². The number of alkyl halides is 13. The first-order chi connectivity index (χ1) is 13.2. The number of unbranched alkanes of at least 4 members (excludes halogenated alkanes) is 2.